The first-order chi connectivity index (χ1) is 14.6. The molecule has 2 aromatic rings. The minimum Gasteiger partial charge on any atom is -0.357 e. The van der Waals surface area contributed by atoms with Crippen molar-refractivity contribution < 1.29 is 4.79 Å². The highest BCUT2D eigenvalue weighted by Crippen LogP contribution is 2.24. The van der Waals surface area contributed by atoms with E-state index in [1.165, 1.54) is 25.7 Å². The Labute approximate surface area is 188 Å². The average molecular weight is 447 g/mol. The van der Waals surface area contributed by atoms with Crippen molar-refractivity contribution in [2.45, 2.75) is 32.2 Å². The van der Waals surface area contributed by atoms with Gasteiger partial charge in [-0.1, -0.05) is 29.3 Å². The first-order valence-corrected chi connectivity index (χ1v) is 11.5. The predicted octanol–water partition coefficient (Wildman–Crippen LogP) is 4.73. The Balaban J connectivity index is 1.49. The van der Waals surface area contributed by atoms with Crippen LogP contribution in [-0.2, 0) is 6.54 Å². The van der Waals surface area contributed by atoms with Crippen LogP contribution in [-0.4, -0.2) is 60.0 Å². The highest BCUT2D eigenvalue weighted by molar-refractivity contribution is 6.42. The summed E-state index contributed by atoms with van der Waals surface area (Å²) in [4.78, 5) is 24.5. The zero-order chi connectivity index (χ0) is 20.9. The van der Waals surface area contributed by atoms with Crippen LogP contribution in [0.1, 0.15) is 41.6 Å². The minimum absolute atomic E-state index is 0.000686. The number of carbonyl (C=O) groups excluding carboxylic acids is 1. The molecular formula is C23H28Cl2N4O. The molecule has 7 heteroatoms. The normalized spacial score (nSPS) is 16.9. The number of aromatic nitrogens is 1. The summed E-state index contributed by atoms with van der Waals surface area (Å²) in [5.74, 6) is 0.956. The maximum Gasteiger partial charge on any atom is 0.255 e. The molecule has 1 aromatic carbocycles. The summed E-state index contributed by atoms with van der Waals surface area (Å²) in [6.07, 6.45) is 6.60. The number of nitrogens with zero attached hydrogens (tertiary/aromatic N) is 4. The average Bonchev–Trinajstić information content (AvgIpc) is 3.47. The molecule has 30 heavy (non-hydrogen) atoms. The summed E-state index contributed by atoms with van der Waals surface area (Å²) in [5.41, 5.74) is 1.60. The molecule has 0 unspecified atom stereocenters. The van der Waals surface area contributed by atoms with Gasteiger partial charge in [0.2, 0.25) is 0 Å². The van der Waals surface area contributed by atoms with Crippen LogP contribution in [0.2, 0.25) is 10.0 Å². The zero-order valence-electron chi connectivity index (χ0n) is 17.2. The number of pyridine rings is 1. The lowest BCUT2D eigenvalue weighted by Crippen LogP contribution is -2.37. The molecule has 2 aliphatic rings. The Kier molecular flexibility index (Phi) is 7.13. The van der Waals surface area contributed by atoms with E-state index in [0.717, 1.165) is 44.1 Å². The van der Waals surface area contributed by atoms with E-state index in [9.17, 15) is 4.79 Å². The summed E-state index contributed by atoms with van der Waals surface area (Å²) in [7, 11) is 0. The molecule has 2 saturated heterocycles. The number of rotatable bonds is 7. The van der Waals surface area contributed by atoms with E-state index < -0.39 is 0 Å². The van der Waals surface area contributed by atoms with Gasteiger partial charge in [0.1, 0.15) is 5.82 Å². The number of hydrogen-bond acceptors (Lipinski definition) is 4. The zero-order valence-corrected chi connectivity index (χ0v) is 18.7. The number of likely N-dealkylation sites (tertiary alicyclic amines) is 1. The van der Waals surface area contributed by atoms with Gasteiger partial charge in [-0.15, -0.1) is 0 Å². The van der Waals surface area contributed by atoms with Crippen molar-refractivity contribution in [3.63, 3.8) is 0 Å². The Morgan fingerprint density at radius 3 is 2.37 bits per heavy atom. The SMILES string of the molecule is O=C(c1ccc(N2CCCC2)nc1)N(CCN1CCCC1)Cc1ccc(Cl)c(Cl)c1. The van der Waals surface area contributed by atoms with Gasteiger partial charge in [0, 0.05) is 38.9 Å². The van der Waals surface area contributed by atoms with E-state index in [1.54, 1.807) is 12.3 Å². The Hall–Kier alpha value is -1.82. The highest BCUT2D eigenvalue weighted by Gasteiger charge is 2.21. The lowest BCUT2D eigenvalue weighted by Gasteiger charge is -2.26. The smallest absolute Gasteiger partial charge is 0.255 e. The third-order valence-electron chi connectivity index (χ3n) is 5.95. The van der Waals surface area contributed by atoms with Crippen molar-refractivity contribution in [1.82, 2.24) is 14.8 Å². The predicted molar refractivity (Wildman–Crippen MR) is 123 cm³/mol. The fraction of sp³-hybridized carbons (Fsp3) is 0.478. The summed E-state index contributed by atoms with van der Waals surface area (Å²) >= 11 is 12.3. The van der Waals surface area contributed by atoms with Crippen LogP contribution in [0.4, 0.5) is 5.82 Å². The minimum atomic E-state index is 0.000686. The second-order valence-electron chi connectivity index (χ2n) is 8.12. The lowest BCUT2D eigenvalue weighted by molar-refractivity contribution is 0.0726. The first kappa shape index (κ1) is 21.4. The third kappa shape index (κ3) is 5.26. The maximum atomic E-state index is 13.3. The van der Waals surface area contributed by atoms with Crippen molar-refractivity contribution >= 4 is 34.9 Å². The van der Waals surface area contributed by atoms with Crippen LogP contribution in [0, 0.1) is 0 Å². The summed E-state index contributed by atoms with van der Waals surface area (Å²) in [6.45, 7) is 6.36. The van der Waals surface area contributed by atoms with E-state index in [1.807, 2.05) is 29.2 Å². The molecule has 0 N–H and O–H groups in total. The molecule has 0 atom stereocenters. The van der Waals surface area contributed by atoms with Gasteiger partial charge >= 0.3 is 0 Å². The van der Waals surface area contributed by atoms with Gasteiger partial charge in [0.05, 0.1) is 15.6 Å². The summed E-state index contributed by atoms with van der Waals surface area (Å²) in [6, 6.07) is 9.43. The van der Waals surface area contributed by atoms with E-state index >= 15 is 0 Å². The van der Waals surface area contributed by atoms with Gasteiger partial charge < -0.3 is 14.7 Å². The molecule has 1 aromatic heterocycles. The van der Waals surface area contributed by atoms with Gasteiger partial charge in [-0.25, -0.2) is 4.98 Å². The van der Waals surface area contributed by atoms with Crippen molar-refractivity contribution in [1.29, 1.82) is 0 Å². The summed E-state index contributed by atoms with van der Waals surface area (Å²) in [5, 5.41) is 1.04. The molecule has 1 amide bonds. The largest absolute Gasteiger partial charge is 0.357 e. The molecular weight excluding hydrogens is 419 g/mol. The fourth-order valence-electron chi connectivity index (χ4n) is 4.21. The maximum absolute atomic E-state index is 13.3. The van der Waals surface area contributed by atoms with E-state index in [4.69, 9.17) is 23.2 Å². The lowest BCUT2D eigenvalue weighted by atomic mass is 10.1. The molecule has 0 saturated carbocycles. The van der Waals surface area contributed by atoms with Crippen molar-refractivity contribution in [3.8, 4) is 0 Å². The van der Waals surface area contributed by atoms with Gasteiger partial charge in [0.15, 0.2) is 0 Å². The molecule has 3 heterocycles. The second kappa shape index (κ2) is 9.99. The Morgan fingerprint density at radius 1 is 0.967 bits per heavy atom. The first-order valence-electron chi connectivity index (χ1n) is 10.8. The summed E-state index contributed by atoms with van der Waals surface area (Å²) < 4.78 is 0. The van der Waals surface area contributed by atoms with Gasteiger partial charge in [-0.2, -0.15) is 0 Å². The number of halogens is 2. The van der Waals surface area contributed by atoms with Crippen LogP contribution in [0.5, 0.6) is 0 Å². The monoisotopic (exact) mass is 446 g/mol. The van der Waals surface area contributed by atoms with Crippen LogP contribution in [0.3, 0.4) is 0 Å². The van der Waals surface area contributed by atoms with E-state index in [2.05, 4.69) is 14.8 Å². The number of amides is 1. The number of carbonyl (C=O) groups is 1. The van der Waals surface area contributed by atoms with Crippen LogP contribution in [0.25, 0.3) is 0 Å². The molecule has 2 fully saturated rings. The standard InChI is InChI=1S/C23H28Cl2N4O/c24-20-7-5-18(15-21(20)25)17-29(14-13-27-9-1-2-10-27)23(30)19-6-8-22(26-16-19)28-11-3-4-12-28/h5-8,15-16H,1-4,9-14,17H2. The Bertz CT molecular complexity index is 862. The van der Waals surface area contributed by atoms with Crippen LogP contribution < -0.4 is 4.90 Å². The van der Waals surface area contributed by atoms with Crippen LogP contribution in [0.15, 0.2) is 36.5 Å². The number of hydrogen-bond donors (Lipinski definition) is 0. The van der Waals surface area contributed by atoms with Crippen molar-refractivity contribution in [2.24, 2.45) is 0 Å². The molecule has 0 aliphatic carbocycles. The molecule has 4 rings (SSSR count). The van der Waals surface area contributed by atoms with E-state index in [-0.39, 0.29) is 5.91 Å². The third-order valence-corrected chi connectivity index (χ3v) is 6.69. The fourth-order valence-corrected chi connectivity index (χ4v) is 4.53. The van der Waals surface area contributed by atoms with Crippen LogP contribution >= 0.6 is 23.2 Å². The second-order valence-corrected chi connectivity index (χ2v) is 8.94. The molecule has 0 bridgehead atoms. The van der Waals surface area contributed by atoms with Gasteiger partial charge in [-0.05, 0) is 68.6 Å². The van der Waals surface area contributed by atoms with Crippen molar-refractivity contribution in [3.05, 3.63) is 57.7 Å². The number of benzene rings is 1. The van der Waals surface area contributed by atoms with Crippen molar-refractivity contribution in [2.75, 3.05) is 44.2 Å². The number of anilines is 1. The molecule has 0 spiro atoms. The quantitative estimate of drug-likeness (QED) is 0.616. The van der Waals surface area contributed by atoms with Gasteiger partial charge in [0.25, 0.3) is 5.91 Å². The highest BCUT2D eigenvalue weighted by atomic mass is 35.5. The molecule has 0 radical (unpaired) electrons. The molecule has 160 valence electrons. The Morgan fingerprint density at radius 2 is 1.70 bits per heavy atom. The molecule has 5 nitrogen and oxygen atoms in total. The van der Waals surface area contributed by atoms with Gasteiger partial charge in [-0.3, -0.25) is 4.79 Å². The van der Waals surface area contributed by atoms with E-state index in [0.29, 0.717) is 28.7 Å². The topological polar surface area (TPSA) is 39.7 Å². The molecule has 2 aliphatic heterocycles.